The van der Waals surface area contributed by atoms with Gasteiger partial charge in [0.15, 0.2) is 0 Å². The molecule has 2 amide bonds. The number of carbonyl (C=O) groups excluding carboxylic acids is 2. The van der Waals surface area contributed by atoms with E-state index in [1.54, 1.807) is 23.1 Å². The first-order valence-electron chi connectivity index (χ1n) is 12.8. The number of sulfonamides is 1. The second-order valence-corrected chi connectivity index (χ2v) is 11.9. The Morgan fingerprint density at radius 3 is 2.30 bits per heavy atom. The number of amides is 2. The molecule has 0 radical (unpaired) electrons. The fourth-order valence-electron chi connectivity index (χ4n) is 4.17. The number of hydrogen-bond donors (Lipinski definition) is 1. The topological polar surface area (TPSA) is 86.8 Å². The molecule has 7 nitrogen and oxygen atoms in total. The van der Waals surface area contributed by atoms with Gasteiger partial charge in [-0.1, -0.05) is 55.8 Å². The molecule has 2 aromatic rings. The van der Waals surface area contributed by atoms with Crippen LogP contribution in [0.5, 0.6) is 0 Å². The molecule has 204 valence electrons. The van der Waals surface area contributed by atoms with Crippen molar-refractivity contribution in [3.63, 3.8) is 0 Å². The lowest BCUT2D eigenvalue weighted by Gasteiger charge is -2.32. The maximum Gasteiger partial charge on any atom is 0.243 e. The Hall–Kier alpha value is -2.58. The first-order valence-corrected chi connectivity index (χ1v) is 15.0. The molecule has 2 atom stereocenters. The Bertz CT molecular complexity index is 1190. The van der Waals surface area contributed by atoms with Crippen molar-refractivity contribution in [1.29, 1.82) is 0 Å². The second kappa shape index (κ2) is 13.8. The molecular weight excluding hydrogens is 510 g/mol. The highest BCUT2D eigenvalue weighted by molar-refractivity contribution is 7.92. The van der Waals surface area contributed by atoms with Gasteiger partial charge in [0.25, 0.3) is 0 Å². The number of aryl methyl sites for hydroxylation is 2. The number of anilines is 1. The predicted octanol–water partition coefficient (Wildman–Crippen LogP) is 5.23. The monoisotopic (exact) mass is 549 g/mol. The number of rotatable bonds is 13. The average Bonchev–Trinajstić information content (AvgIpc) is 2.83. The fourth-order valence-corrected chi connectivity index (χ4v) is 5.35. The van der Waals surface area contributed by atoms with Gasteiger partial charge < -0.3 is 10.2 Å². The van der Waals surface area contributed by atoms with Gasteiger partial charge in [-0.05, 0) is 68.9 Å². The van der Waals surface area contributed by atoms with E-state index in [-0.39, 0.29) is 30.8 Å². The highest BCUT2D eigenvalue weighted by Gasteiger charge is 2.29. The minimum absolute atomic E-state index is 0.00113. The van der Waals surface area contributed by atoms with Crippen LogP contribution in [0, 0.1) is 13.8 Å². The standard InChI is InChI=1S/C28H40ClN3O4S/c1-7-22(5)30-28(34)25(8-2)31(19-23-13-10-9-12-20(23)3)27(33)14-11-17-32(37(6,35)36)26-18-24(29)16-15-21(26)4/h9-10,12-13,15-16,18,22,25H,7-8,11,14,17,19H2,1-6H3,(H,30,34)/t22-,25-/m1/s1. The molecule has 0 fully saturated rings. The molecule has 0 heterocycles. The fraction of sp³-hybridized carbons (Fsp3) is 0.500. The normalized spacial score (nSPS) is 13.1. The van der Waals surface area contributed by atoms with Gasteiger partial charge in [-0.25, -0.2) is 8.42 Å². The SMILES string of the molecule is CC[C@@H](C)NC(=O)[C@@H](CC)N(Cc1ccccc1C)C(=O)CCCN(c1cc(Cl)ccc1C)S(C)(=O)=O. The van der Waals surface area contributed by atoms with E-state index in [2.05, 4.69) is 5.32 Å². The van der Waals surface area contributed by atoms with Crippen LogP contribution in [0.2, 0.25) is 5.02 Å². The van der Waals surface area contributed by atoms with Crippen LogP contribution in [0.1, 0.15) is 63.1 Å². The van der Waals surface area contributed by atoms with Gasteiger partial charge in [-0.15, -0.1) is 0 Å². The summed E-state index contributed by atoms with van der Waals surface area (Å²) in [6.07, 6.45) is 2.80. The molecule has 2 aromatic carbocycles. The van der Waals surface area contributed by atoms with Crippen molar-refractivity contribution in [3.05, 3.63) is 64.2 Å². The number of nitrogens with zero attached hydrogens (tertiary/aromatic N) is 2. The number of hydrogen-bond acceptors (Lipinski definition) is 4. The van der Waals surface area contributed by atoms with E-state index in [9.17, 15) is 18.0 Å². The van der Waals surface area contributed by atoms with E-state index < -0.39 is 16.1 Å². The maximum atomic E-state index is 13.6. The summed E-state index contributed by atoms with van der Waals surface area (Å²) < 4.78 is 26.5. The molecule has 0 spiro atoms. The first kappa shape index (κ1) is 30.6. The van der Waals surface area contributed by atoms with Crippen LogP contribution in [0.3, 0.4) is 0 Å². The predicted molar refractivity (Wildman–Crippen MR) is 151 cm³/mol. The Labute approximate surface area is 227 Å². The van der Waals surface area contributed by atoms with E-state index in [1.165, 1.54) is 4.31 Å². The van der Waals surface area contributed by atoms with E-state index in [1.807, 2.05) is 58.9 Å². The van der Waals surface area contributed by atoms with Crippen molar-refractivity contribution >= 4 is 39.1 Å². The molecule has 0 aliphatic carbocycles. The molecule has 0 aliphatic rings. The lowest BCUT2D eigenvalue weighted by atomic mass is 10.0. The zero-order valence-electron chi connectivity index (χ0n) is 22.8. The largest absolute Gasteiger partial charge is 0.352 e. The lowest BCUT2D eigenvalue weighted by molar-refractivity contribution is -0.141. The van der Waals surface area contributed by atoms with Crippen molar-refractivity contribution in [1.82, 2.24) is 10.2 Å². The number of carbonyl (C=O) groups is 2. The van der Waals surface area contributed by atoms with Crippen molar-refractivity contribution in [3.8, 4) is 0 Å². The molecular formula is C28H40ClN3O4S. The van der Waals surface area contributed by atoms with Gasteiger partial charge in [0, 0.05) is 30.6 Å². The highest BCUT2D eigenvalue weighted by Crippen LogP contribution is 2.27. The van der Waals surface area contributed by atoms with Crippen LogP contribution in [-0.4, -0.2) is 50.0 Å². The summed E-state index contributed by atoms with van der Waals surface area (Å²) in [5.74, 6) is -0.364. The maximum absolute atomic E-state index is 13.6. The Morgan fingerprint density at radius 2 is 1.70 bits per heavy atom. The summed E-state index contributed by atoms with van der Waals surface area (Å²) in [7, 11) is -3.59. The quantitative estimate of drug-likeness (QED) is 0.371. The zero-order valence-corrected chi connectivity index (χ0v) is 24.3. The molecule has 2 rings (SSSR count). The van der Waals surface area contributed by atoms with Crippen LogP contribution < -0.4 is 9.62 Å². The Morgan fingerprint density at radius 1 is 1.03 bits per heavy atom. The lowest BCUT2D eigenvalue weighted by Crippen LogP contribution is -2.50. The summed E-state index contributed by atoms with van der Waals surface area (Å²) >= 11 is 6.13. The van der Waals surface area contributed by atoms with Gasteiger partial charge in [-0.2, -0.15) is 0 Å². The molecule has 9 heteroatoms. The molecule has 0 saturated heterocycles. The number of halogens is 1. The molecule has 1 N–H and O–H groups in total. The summed E-state index contributed by atoms with van der Waals surface area (Å²) in [6, 6.07) is 12.3. The van der Waals surface area contributed by atoms with Gasteiger partial charge in [-0.3, -0.25) is 13.9 Å². The van der Waals surface area contributed by atoms with E-state index >= 15 is 0 Å². The zero-order chi connectivity index (χ0) is 27.8. The molecule has 0 bridgehead atoms. The molecule has 0 aliphatic heterocycles. The molecule has 0 aromatic heterocycles. The Balaban J connectivity index is 2.27. The first-order chi connectivity index (χ1) is 17.4. The smallest absolute Gasteiger partial charge is 0.243 e. The third kappa shape index (κ3) is 8.75. The summed E-state index contributed by atoms with van der Waals surface area (Å²) in [5, 5.41) is 3.45. The minimum Gasteiger partial charge on any atom is -0.352 e. The van der Waals surface area contributed by atoms with E-state index in [0.29, 0.717) is 30.1 Å². The van der Waals surface area contributed by atoms with E-state index in [4.69, 9.17) is 11.6 Å². The van der Waals surface area contributed by atoms with Gasteiger partial charge >= 0.3 is 0 Å². The van der Waals surface area contributed by atoms with E-state index in [0.717, 1.165) is 29.4 Å². The second-order valence-electron chi connectivity index (χ2n) is 9.56. The third-order valence-electron chi connectivity index (χ3n) is 6.58. The average molecular weight is 550 g/mol. The van der Waals surface area contributed by atoms with Crippen molar-refractivity contribution in [2.24, 2.45) is 0 Å². The van der Waals surface area contributed by atoms with Crippen LogP contribution in [0.25, 0.3) is 0 Å². The van der Waals surface area contributed by atoms with Crippen LogP contribution in [-0.2, 0) is 26.2 Å². The summed E-state index contributed by atoms with van der Waals surface area (Å²) in [4.78, 5) is 28.3. The molecule has 0 unspecified atom stereocenters. The van der Waals surface area contributed by atoms with Gasteiger partial charge in [0.1, 0.15) is 6.04 Å². The van der Waals surface area contributed by atoms with Crippen molar-refractivity contribution in [2.45, 2.75) is 78.9 Å². The molecule has 0 saturated carbocycles. The molecule has 37 heavy (non-hydrogen) atoms. The number of nitrogens with one attached hydrogen (secondary N) is 1. The Kier molecular flexibility index (Phi) is 11.4. The summed E-state index contributed by atoms with van der Waals surface area (Å²) in [6.45, 7) is 10.1. The minimum atomic E-state index is -3.59. The van der Waals surface area contributed by atoms with Crippen LogP contribution >= 0.6 is 11.6 Å². The van der Waals surface area contributed by atoms with Crippen molar-refractivity contribution in [2.75, 3.05) is 17.1 Å². The van der Waals surface area contributed by atoms with Crippen LogP contribution in [0.4, 0.5) is 5.69 Å². The third-order valence-corrected chi connectivity index (χ3v) is 8.00. The number of benzene rings is 2. The van der Waals surface area contributed by atoms with Crippen LogP contribution in [0.15, 0.2) is 42.5 Å². The summed E-state index contributed by atoms with van der Waals surface area (Å²) in [5.41, 5.74) is 3.28. The highest BCUT2D eigenvalue weighted by atomic mass is 35.5. The van der Waals surface area contributed by atoms with Gasteiger partial charge in [0.2, 0.25) is 21.8 Å². The van der Waals surface area contributed by atoms with Gasteiger partial charge in [0.05, 0.1) is 11.9 Å². The van der Waals surface area contributed by atoms with Crippen molar-refractivity contribution < 1.29 is 18.0 Å².